The van der Waals surface area contributed by atoms with Crippen LogP contribution in [0.1, 0.15) is 29.8 Å². The lowest BCUT2D eigenvalue weighted by Gasteiger charge is -2.22. The Bertz CT molecular complexity index is 718. The lowest BCUT2D eigenvalue weighted by molar-refractivity contribution is -0.124. The van der Waals surface area contributed by atoms with Gasteiger partial charge in [-0.1, -0.05) is 13.8 Å². The molecule has 1 aromatic carbocycles. The van der Waals surface area contributed by atoms with E-state index in [4.69, 9.17) is 13.9 Å². The molecule has 7 nitrogen and oxygen atoms in total. The summed E-state index contributed by atoms with van der Waals surface area (Å²) >= 11 is 0. The molecule has 2 aromatic rings. The third-order valence-electron chi connectivity index (χ3n) is 3.90. The molecule has 0 saturated heterocycles. The van der Waals surface area contributed by atoms with E-state index in [2.05, 4.69) is 10.6 Å². The number of carbonyl (C=O) groups excluding carboxylic acids is 2. The standard InChI is InChI=1S/C19H24N2O5/c1-12(2)17(19(23)20-10-13-5-6-26-11-13)21-18(22)14-7-15(24-3)9-16(8-14)25-4/h5-9,11-12,17H,10H2,1-4H3,(H,20,23)(H,21,22)/t17-/m0/s1. The summed E-state index contributed by atoms with van der Waals surface area (Å²) in [6.45, 7) is 4.07. The van der Waals surface area contributed by atoms with Gasteiger partial charge >= 0.3 is 0 Å². The van der Waals surface area contributed by atoms with Crippen LogP contribution in [0.5, 0.6) is 11.5 Å². The van der Waals surface area contributed by atoms with Crippen LogP contribution in [0.2, 0.25) is 0 Å². The zero-order valence-corrected chi connectivity index (χ0v) is 15.4. The fourth-order valence-corrected chi connectivity index (χ4v) is 2.39. The highest BCUT2D eigenvalue weighted by Crippen LogP contribution is 2.22. The second-order valence-electron chi connectivity index (χ2n) is 6.15. The van der Waals surface area contributed by atoms with Crippen molar-refractivity contribution in [2.75, 3.05) is 14.2 Å². The smallest absolute Gasteiger partial charge is 0.252 e. The number of ether oxygens (including phenoxy) is 2. The number of rotatable bonds is 8. The Morgan fingerprint density at radius 3 is 2.27 bits per heavy atom. The van der Waals surface area contributed by atoms with E-state index in [1.165, 1.54) is 14.2 Å². The lowest BCUT2D eigenvalue weighted by atomic mass is 10.0. The first-order valence-electron chi connectivity index (χ1n) is 8.27. The summed E-state index contributed by atoms with van der Waals surface area (Å²) in [5.41, 5.74) is 1.21. The normalized spacial score (nSPS) is 11.7. The maximum absolute atomic E-state index is 12.6. The molecule has 0 fully saturated rings. The number of amides is 2. The van der Waals surface area contributed by atoms with Gasteiger partial charge in [-0.05, 0) is 24.1 Å². The minimum absolute atomic E-state index is 0.0872. The average Bonchev–Trinajstić information content (AvgIpc) is 3.16. The Labute approximate surface area is 152 Å². The lowest BCUT2D eigenvalue weighted by Crippen LogP contribution is -2.49. The predicted octanol–water partition coefficient (Wildman–Crippen LogP) is 2.37. The van der Waals surface area contributed by atoms with Crippen LogP contribution in [0.15, 0.2) is 41.2 Å². The molecular formula is C19H24N2O5. The van der Waals surface area contributed by atoms with Crippen LogP contribution < -0.4 is 20.1 Å². The van der Waals surface area contributed by atoms with Crippen LogP contribution in [0, 0.1) is 5.92 Å². The molecule has 2 rings (SSSR count). The molecule has 0 saturated carbocycles. The summed E-state index contributed by atoms with van der Waals surface area (Å²) in [5.74, 6) is 0.277. The quantitative estimate of drug-likeness (QED) is 0.754. The highest BCUT2D eigenvalue weighted by atomic mass is 16.5. The number of hydrogen-bond acceptors (Lipinski definition) is 5. The van der Waals surface area contributed by atoms with Crippen LogP contribution in [-0.4, -0.2) is 32.1 Å². The van der Waals surface area contributed by atoms with Gasteiger partial charge in [0.25, 0.3) is 5.91 Å². The molecule has 0 aliphatic rings. The average molecular weight is 360 g/mol. The topological polar surface area (TPSA) is 89.8 Å². The maximum Gasteiger partial charge on any atom is 0.252 e. The highest BCUT2D eigenvalue weighted by molar-refractivity contribution is 5.98. The SMILES string of the molecule is COc1cc(OC)cc(C(=O)N[C@H](C(=O)NCc2ccoc2)C(C)C)c1. The van der Waals surface area contributed by atoms with Crippen molar-refractivity contribution in [3.05, 3.63) is 47.9 Å². The third-order valence-corrected chi connectivity index (χ3v) is 3.90. The number of carbonyl (C=O) groups is 2. The fraction of sp³-hybridized carbons (Fsp3) is 0.368. The number of hydrogen-bond donors (Lipinski definition) is 2. The molecule has 0 spiro atoms. The summed E-state index contributed by atoms with van der Waals surface area (Å²) in [6, 6.07) is 5.96. The van der Waals surface area contributed by atoms with Crippen molar-refractivity contribution in [2.24, 2.45) is 5.92 Å². The van der Waals surface area contributed by atoms with E-state index in [1.807, 2.05) is 13.8 Å². The summed E-state index contributed by atoms with van der Waals surface area (Å²) in [4.78, 5) is 25.1. The van der Waals surface area contributed by atoms with E-state index in [0.717, 1.165) is 5.56 Å². The molecule has 0 unspecified atom stereocenters. The molecule has 0 aliphatic carbocycles. The molecule has 1 aromatic heterocycles. The maximum atomic E-state index is 12.6. The molecular weight excluding hydrogens is 336 g/mol. The van der Waals surface area contributed by atoms with Crippen LogP contribution >= 0.6 is 0 Å². The summed E-state index contributed by atoms with van der Waals surface area (Å²) in [7, 11) is 3.02. The van der Waals surface area contributed by atoms with Crippen molar-refractivity contribution in [3.63, 3.8) is 0 Å². The van der Waals surface area contributed by atoms with E-state index >= 15 is 0 Å². The first kappa shape index (κ1) is 19.4. The molecule has 140 valence electrons. The van der Waals surface area contributed by atoms with E-state index in [9.17, 15) is 9.59 Å². The van der Waals surface area contributed by atoms with Gasteiger partial charge in [0.05, 0.1) is 26.7 Å². The first-order valence-corrected chi connectivity index (χ1v) is 8.27. The van der Waals surface area contributed by atoms with Gasteiger partial charge in [-0.2, -0.15) is 0 Å². The Morgan fingerprint density at radius 1 is 1.12 bits per heavy atom. The third kappa shape index (κ3) is 5.02. The Hall–Kier alpha value is -2.96. The number of benzene rings is 1. The predicted molar refractivity (Wildman–Crippen MR) is 96.2 cm³/mol. The van der Waals surface area contributed by atoms with Gasteiger partial charge in [0.2, 0.25) is 5.91 Å². The molecule has 0 aliphatic heterocycles. The molecule has 1 heterocycles. The van der Waals surface area contributed by atoms with Gasteiger partial charge in [0.15, 0.2) is 0 Å². The van der Waals surface area contributed by atoms with Crippen LogP contribution in [0.4, 0.5) is 0 Å². The van der Waals surface area contributed by atoms with Crippen LogP contribution in [-0.2, 0) is 11.3 Å². The second kappa shape index (κ2) is 8.94. The number of methoxy groups -OCH3 is 2. The van der Waals surface area contributed by atoms with E-state index < -0.39 is 6.04 Å². The van der Waals surface area contributed by atoms with Crippen molar-refractivity contribution in [1.82, 2.24) is 10.6 Å². The van der Waals surface area contributed by atoms with E-state index in [-0.39, 0.29) is 17.7 Å². The zero-order chi connectivity index (χ0) is 19.1. The van der Waals surface area contributed by atoms with Gasteiger partial charge in [0, 0.05) is 23.7 Å². The van der Waals surface area contributed by atoms with E-state index in [1.54, 1.807) is 36.8 Å². The summed E-state index contributed by atoms with van der Waals surface area (Å²) in [6.07, 6.45) is 3.10. The highest BCUT2D eigenvalue weighted by Gasteiger charge is 2.25. The molecule has 0 bridgehead atoms. The first-order chi connectivity index (χ1) is 12.4. The molecule has 2 N–H and O–H groups in total. The Morgan fingerprint density at radius 2 is 1.77 bits per heavy atom. The molecule has 1 atom stereocenters. The van der Waals surface area contributed by atoms with Crippen molar-refractivity contribution in [2.45, 2.75) is 26.4 Å². The molecule has 2 amide bonds. The fourth-order valence-electron chi connectivity index (χ4n) is 2.39. The Kier molecular flexibility index (Phi) is 6.66. The van der Waals surface area contributed by atoms with Crippen molar-refractivity contribution < 1.29 is 23.5 Å². The summed E-state index contributed by atoms with van der Waals surface area (Å²) in [5, 5.41) is 5.59. The monoisotopic (exact) mass is 360 g/mol. The second-order valence-corrected chi connectivity index (χ2v) is 6.15. The van der Waals surface area contributed by atoms with Crippen LogP contribution in [0.25, 0.3) is 0 Å². The molecule has 26 heavy (non-hydrogen) atoms. The van der Waals surface area contributed by atoms with Crippen molar-refractivity contribution in [3.8, 4) is 11.5 Å². The van der Waals surface area contributed by atoms with Crippen molar-refractivity contribution >= 4 is 11.8 Å². The van der Waals surface area contributed by atoms with E-state index in [0.29, 0.717) is 23.6 Å². The largest absolute Gasteiger partial charge is 0.497 e. The minimum Gasteiger partial charge on any atom is -0.497 e. The van der Waals surface area contributed by atoms with Crippen LogP contribution in [0.3, 0.4) is 0 Å². The molecule has 7 heteroatoms. The van der Waals surface area contributed by atoms with Gasteiger partial charge in [-0.25, -0.2) is 0 Å². The minimum atomic E-state index is -0.674. The Balaban J connectivity index is 2.08. The van der Waals surface area contributed by atoms with Gasteiger partial charge in [-0.3, -0.25) is 9.59 Å². The molecule has 0 radical (unpaired) electrons. The zero-order valence-electron chi connectivity index (χ0n) is 15.4. The van der Waals surface area contributed by atoms with Gasteiger partial charge < -0.3 is 24.5 Å². The van der Waals surface area contributed by atoms with Crippen molar-refractivity contribution in [1.29, 1.82) is 0 Å². The van der Waals surface area contributed by atoms with Gasteiger partial charge in [-0.15, -0.1) is 0 Å². The van der Waals surface area contributed by atoms with Gasteiger partial charge in [0.1, 0.15) is 17.5 Å². The number of furan rings is 1. The number of nitrogens with one attached hydrogen (secondary N) is 2. The summed E-state index contributed by atoms with van der Waals surface area (Å²) < 4.78 is 15.3.